The van der Waals surface area contributed by atoms with Crippen molar-refractivity contribution in [2.75, 3.05) is 42.6 Å². The van der Waals surface area contributed by atoms with E-state index in [1.54, 1.807) is 11.3 Å². The molecule has 1 amide bonds. The number of nitrogens with zero attached hydrogens (tertiary/aromatic N) is 4. The number of aryl methyl sites for hydroxylation is 2. The van der Waals surface area contributed by atoms with Crippen molar-refractivity contribution < 1.29 is 4.79 Å². The monoisotopic (exact) mass is 467 g/mol. The number of carbonyl (C=O) groups is 1. The van der Waals surface area contributed by atoms with Crippen LogP contribution < -0.4 is 10.6 Å². The number of aromatic nitrogens is 2. The molecule has 1 fully saturated rings. The van der Waals surface area contributed by atoms with E-state index < -0.39 is 0 Å². The standard InChI is InChI=1S/C24H29N5OS2/c1-15-4-3-5-17(12-15)28-8-10-29(11-9-28)20(30)14-31-24-26-22(25)21-18-7-6-16(2)13-19(18)32-23(21)27-24/h3-5,12,16H,6-11,13-14H2,1-2H3,(H2,25,26,27). The lowest BCUT2D eigenvalue weighted by Gasteiger charge is -2.36. The smallest absolute Gasteiger partial charge is 0.233 e. The zero-order valence-electron chi connectivity index (χ0n) is 18.6. The van der Waals surface area contributed by atoms with Gasteiger partial charge in [0.15, 0.2) is 5.16 Å². The highest BCUT2D eigenvalue weighted by Crippen LogP contribution is 2.40. The highest BCUT2D eigenvalue weighted by Gasteiger charge is 2.25. The molecule has 0 radical (unpaired) electrons. The summed E-state index contributed by atoms with van der Waals surface area (Å²) < 4.78 is 0. The molecule has 168 valence electrons. The second-order valence-electron chi connectivity index (χ2n) is 8.92. The van der Waals surface area contributed by atoms with Gasteiger partial charge in [-0.2, -0.15) is 0 Å². The Bertz CT molecular complexity index is 1150. The summed E-state index contributed by atoms with van der Waals surface area (Å²) in [6, 6.07) is 8.54. The molecule has 1 atom stereocenters. The van der Waals surface area contributed by atoms with Gasteiger partial charge in [0.1, 0.15) is 10.6 Å². The summed E-state index contributed by atoms with van der Waals surface area (Å²) in [6.45, 7) is 7.60. The number of carbonyl (C=O) groups excluding carboxylic acids is 1. The highest BCUT2D eigenvalue weighted by molar-refractivity contribution is 7.99. The second kappa shape index (κ2) is 8.90. The van der Waals surface area contributed by atoms with Crippen molar-refractivity contribution in [2.24, 2.45) is 5.92 Å². The van der Waals surface area contributed by atoms with Crippen LogP contribution in [0.5, 0.6) is 0 Å². The minimum Gasteiger partial charge on any atom is -0.383 e. The van der Waals surface area contributed by atoms with Crippen LogP contribution in [0.1, 0.15) is 29.3 Å². The summed E-state index contributed by atoms with van der Waals surface area (Å²) in [5, 5.41) is 1.65. The molecule has 3 aromatic rings. The summed E-state index contributed by atoms with van der Waals surface area (Å²) in [5.74, 6) is 1.75. The molecule has 2 aromatic heterocycles. The molecule has 6 nitrogen and oxygen atoms in total. The fourth-order valence-electron chi connectivity index (χ4n) is 4.67. The minimum atomic E-state index is 0.139. The number of anilines is 2. The Hall–Kier alpha value is -2.32. The number of nitrogens with two attached hydrogens (primary N) is 1. The van der Waals surface area contributed by atoms with Gasteiger partial charge >= 0.3 is 0 Å². The molecule has 1 aliphatic heterocycles. The van der Waals surface area contributed by atoms with Crippen LogP contribution in [-0.2, 0) is 17.6 Å². The average Bonchev–Trinajstić information content (AvgIpc) is 3.15. The second-order valence-corrected chi connectivity index (χ2v) is 10.9. The predicted molar refractivity (Wildman–Crippen MR) is 134 cm³/mol. The van der Waals surface area contributed by atoms with E-state index >= 15 is 0 Å². The van der Waals surface area contributed by atoms with E-state index in [0.717, 1.165) is 49.2 Å². The SMILES string of the molecule is Cc1cccc(N2CCN(C(=O)CSc3nc(N)c4c5c(sc4n3)CC(C)CC5)CC2)c1. The topological polar surface area (TPSA) is 75.3 Å². The Labute approximate surface area is 197 Å². The lowest BCUT2D eigenvalue weighted by Crippen LogP contribution is -2.49. The fraction of sp³-hybridized carbons (Fsp3) is 0.458. The van der Waals surface area contributed by atoms with Gasteiger partial charge in [0, 0.05) is 36.7 Å². The number of amides is 1. The van der Waals surface area contributed by atoms with Crippen LogP contribution in [0.3, 0.4) is 0 Å². The molecule has 2 N–H and O–H groups in total. The zero-order valence-corrected chi connectivity index (χ0v) is 20.3. The Kier molecular flexibility index (Phi) is 5.99. The van der Waals surface area contributed by atoms with E-state index in [2.05, 4.69) is 48.0 Å². The van der Waals surface area contributed by atoms with E-state index in [9.17, 15) is 4.79 Å². The van der Waals surface area contributed by atoms with Gasteiger partial charge in [-0.15, -0.1) is 11.3 Å². The van der Waals surface area contributed by atoms with Crippen molar-refractivity contribution >= 4 is 50.7 Å². The molecule has 8 heteroatoms. The maximum absolute atomic E-state index is 12.8. The number of hydrogen-bond acceptors (Lipinski definition) is 7. The summed E-state index contributed by atoms with van der Waals surface area (Å²) >= 11 is 3.14. The van der Waals surface area contributed by atoms with E-state index in [1.165, 1.54) is 39.9 Å². The molecule has 1 unspecified atom stereocenters. The molecule has 3 heterocycles. The summed E-state index contributed by atoms with van der Waals surface area (Å²) in [5.41, 5.74) is 10.2. The molecule has 0 bridgehead atoms. The van der Waals surface area contributed by atoms with Crippen LogP contribution >= 0.6 is 23.1 Å². The summed E-state index contributed by atoms with van der Waals surface area (Å²) in [4.78, 5) is 28.8. The number of benzene rings is 1. The van der Waals surface area contributed by atoms with Crippen molar-refractivity contribution in [3.05, 3.63) is 40.3 Å². The molecule has 0 saturated carbocycles. The van der Waals surface area contributed by atoms with Crippen LogP contribution in [0.2, 0.25) is 0 Å². The first-order valence-electron chi connectivity index (χ1n) is 11.3. The summed E-state index contributed by atoms with van der Waals surface area (Å²) in [7, 11) is 0. The molecule has 5 rings (SSSR count). The quantitative estimate of drug-likeness (QED) is 0.459. The molecule has 32 heavy (non-hydrogen) atoms. The van der Waals surface area contributed by atoms with Gasteiger partial charge in [-0.3, -0.25) is 4.79 Å². The van der Waals surface area contributed by atoms with Gasteiger partial charge < -0.3 is 15.5 Å². The normalized spacial score (nSPS) is 18.8. The van der Waals surface area contributed by atoms with Crippen molar-refractivity contribution in [1.29, 1.82) is 0 Å². The van der Waals surface area contributed by atoms with E-state index in [1.807, 2.05) is 4.90 Å². The lowest BCUT2D eigenvalue weighted by molar-refractivity contribution is -0.128. The van der Waals surface area contributed by atoms with Gasteiger partial charge in [-0.25, -0.2) is 9.97 Å². The van der Waals surface area contributed by atoms with E-state index in [-0.39, 0.29) is 5.91 Å². The number of nitrogen functional groups attached to an aromatic ring is 1. The summed E-state index contributed by atoms with van der Waals surface area (Å²) in [6.07, 6.45) is 3.36. The van der Waals surface area contributed by atoms with Gasteiger partial charge in [-0.05, 0) is 55.4 Å². The number of fused-ring (bicyclic) bond motifs is 3. The third-order valence-electron chi connectivity index (χ3n) is 6.49. The van der Waals surface area contributed by atoms with Gasteiger partial charge in [-0.1, -0.05) is 30.8 Å². The maximum Gasteiger partial charge on any atom is 0.233 e. The first kappa shape index (κ1) is 21.5. The Balaban J connectivity index is 1.21. The van der Waals surface area contributed by atoms with Gasteiger partial charge in [0.25, 0.3) is 0 Å². The Morgan fingerprint density at radius 1 is 1.25 bits per heavy atom. The highest BCUT2D eigenvalue weighted by atomic mass is 32.2. The molecule has 1 aliphatic carbocycles. The molecule has 1 aromatic carbocycles. The number of rotatable bonds is 4. The molecular weight excluding hydrogens is 438 g/mol. The third kappa shape index (κ3) is 4.30. The van der Waals surface area contributed by atoms with Gasteiger partial charge in [0.2, 0.25) is 5.91 Å². The number of thiophene rings is 1. The third-order valence-corrected chi connectivity index (χ3v) is 8.47. The van der Waals surface area contributed by atoms with Crippen LogP contribution in [-0.4, -0.2) is 52.7 Å². The number of thioether (sulfide) groups is 1. The van der Waals surface area contributed by atoms with Crippen LogP contribution in [0, 0.1) is 12.8 Å². The fourth-order valence-corrected chi connectivity index (χ4v) is 6.87. The number of hydrogen-bond donors (Lipinski definition) is 1. The van der Waals surface area contributed by atoms with E-state index in [0.29, 0.717) is 22.6 Å². The largest absolute Gasteiger partial charge is 0.383 e. The van der Waals surface area contributed by atoms with Crippen molar-refractivity contribution in [3.8, 4) is 0 Å². The predicted octanol–water partition coefficient (Wildman–Crippen LogP) is 4.15. The van der Waals surface area contributed by atoms with Crippen LogP contribution in [0.25, 0.3) is 10.2 Å². The lowest BCUT2D eigenvalue weighted by atomic mass is 9.89. The number of piperazine rings is 1. The maximum atomic E-state index is 12.8. The van der Waals surface area contributed by atoms with Crippen molar-refractivity contribution in [1.82, 2.24) is 14.9 Å². The van der Waals surface area contributed by atoms with E-state index in [4.69, 9.17) is 10.7 Å². The Morgan fingerprint density at radius 3 is 2.84 bits per heavy atom. The van der Waals surface area contributed by atoms with Crippen LogP contribution in [0.15, 0.2) is 29.4 Å². The Morgan fingerprint density at radius 2 is 2.06 bits per heavy atom. The van der Waals surface area contributed by atoms with Crippen molar-refractivity contribution in [2.45, 2.75) is 38.3 Å². The molecular formula is C24H29N5OS2. The molecule has 1 saturated heterocycles. The van der Waals surface area contributed by atoms with Crippen LogP contribution in [0.4, 0.5) is 11.5 Å². The first-order chi connectivity index (χ1) is 15.5. The minimum absolute atomic E-state index is 0.139. The average molecular weight is 468 g/mol. The zero-order chi connectivity index (χ0) is 22.2. The molecule has 0 spiro atoms. The molecule has 2 aliphatic rings. The van der Waals surface area contributed by atoms with Gasteiger partial charge in [0.05, 0.1) is 11.1 Å². The first-order valence-corrected chi connectivity index (χ1v) is 13.1. The van der Waals surface area contributed by atoms with Crippen molar-refractivity contribution in [3.63, 3.8) is 0 Å².